The van der Waals surface area contributed by atoms with Crippen molar-refractivity contribution < 1.29 is 37.1 Å². The highest BCUT2D eigenvalue weighted by molar-refractivity contribution is 6.01. The van der Waals surface area contributed by atoms with Crippen LogP contribution < -0.4 is 5.32 Å². The number of rotatable bonds is 3. The van der Waals surface area contributed by atoms with Crippen LogP contribution >= 0.6 is 0 Å². The molecule has 4 atom stereocenters. The van der Waals surface area contributed by atoms with E-state index in [1.165, 1.54) is 37.7 Å². The molecule has 2 saturated heterocycles. The fraction of sp³-hybridized carbons (Fsp3) is 0.733. The molecule has 2 rings (SSSR count). The van der Waals surface area contributed by atoms with Crippen molar-refractivity contribution in [3.05, 3.63) is 0 Å². The minimum atomic E-state index is -5.20. The number of carbonyl (C=O) groups is 4. The van der Waals surface area contributed by atoms with Crippen molar-refractivity contribution in [3.8, 4) is 0 Å². The molecule has 12 heteroatoms. The van der Waals surface area contributed by atoms with Crippen molar-refractivity contribution in [3.63, 3.8) is 0 Å². The Morgan fingerprint density at radius 3 is 2.11 bits per heavy atom. The number of fused-ring (bicyclic) bond motifs is 1. The second-order valence-electron chi connectivity index (χ2n) is 6.99. The molecule has 2 heterocycles. The summed E-state index contributed by atoms with van der Waals surface area (Å²) in [5.74, 6) is -4.57. The van der Waals surface area contributed by atoms with E-state index in [2.05, 4.69) is 10.1 Å². The molecule has 0 spiro atoms. The summed E-state index contributed by atoms with van der Waals surface area (Å²) in [6.07, 6.45) is -6.65. The van der Waals surface area contributed by atoms with E-state index < -0.39 is 53.5 Å². The summed E-state index contributed by atoms with van der Waals surface area (Å²) in [5.41, 5.74) is -2.69. The first-order valence-electron chi connectivity index (χ1n) is 8.06. The van der Waals surface area contributed by atoms with Gasteiger partial charge in [0.05, 0.1) is 5.92 Å². The fourth-order valence-corrected chi connectivity index (χ4v) is 3.34. The Kier molecular flexibility index (Phi) is 4.61. The van der Waals surface area contributed by atoms with Gasteiger partial charge in [-0.15, -0.1) is 0 Å². The Bertz CT molecular complexity index is 714. The van der Waals surface area contributed by atoms with Gasteiger partial charge in [0.25, 0.3) is 0 Å². The third kappa shape index (κ3) is 2.69. The van der Waals surface area contributed by atoms with Crippen LogP contribution in [0.4, 0.5) is 22.8 Å². The van der Waals surface area contributed by atoms with E-state index in [0.717, 1.165) is 11.8 Å². The molecule has 2 aliphatic rings. The summed E-state index contributed by atoms with van der Waals surface area (Å²) in [7, 11) is 2.86. The topological polar surface area (TPSA) is 99.3 Å². The third-order valence-electron chi connectivity index (χ3n) is 5.65. The van der Waals surface area contributed by atoms with Gasteiger partial charge in [-0.2, -0.15) is 13.2 Å². The van der Waals surface area contributed by atoms with E-state index in [1.54, 1.807) is 6.92 Å². The first-order valence-corrected chi connectivity index (χ1v) is 8.06. The molecule has 9 nitrogen and oxygen atoms in total. The van der Waals surface area contributed by atoms with Gasteiger partial charge in [-0.05, 0) is 20.8 Å². The van der Waals surface area contributed by atoms with Crippen LogP contribution in [-0.4, -0.2) is 76.3 Å². The average molecular weight is 394 g/mol. The lowest BCUT2D eigenvalue weighted by Gasteiger charge is -2.41. The minimum Gasteiger partial charge on any atom is -0.455 e. The van der Waals surface area contributed by atoms with Gasteiger partial charge in [0.2, 0.25) is 5.91 Å². The molecule has 0 aromatic rings. The number of ether oxygens (including phenoxy) is 1. The predicted octanol–water partition coefficient (Wildman–Crippen LogP) is 1.10. The monoisotopic (exact) mass is 394 g/mol. The Morgan fingerprint density at radius 2 is 1.63 bits per heavy atom. The summed E-state index contributed by atoms with van der Waals surface area (Å²) in [4.78, 5) is 52.0. The maximum absolute atomic E-state index is 12.9. The first kappa shape index (κ1) is 20.8. The van der Waals surface area contributed by atoms with Gasteiger partial charge in [-0.3, -0.25) is 4.79 Å². The van der Waals surface area contributed by atoms with E-state index in [-0.39, 0.29) is 0 Å². The van der Waals surface area contributed by atoms with Crippen molar-refractivity contribution >= 4 is 23.9 Å². The van der Waals surface area contributed by atoms with Gasteiger partial charge in [-0.25, -0.2) is 19.3 Å². The number of alkyl halides is 3. The van der Waals surface area contributed by atoms with Crippen molar-refractivity contribution in [2.75, 3.05) is 14.1 Å². The predicted molar refractivity (Wildman–Crippen MR) is 83.9 cm³/mol. The lowest BCUT2D eigenvalue weighted by molar-refractivity contribution is -0.206. The zero-order valence-electron chi connectivity index (χ0n) is 15.7. The number of esters is 1. The Morgan fingerprint density at radius 1 is 1.11 bits per heavy atom. The molecular weight excluding hydrogens is 373 g/mol. The first-order chi connectivity index (χ1) is 12.1. The molecule has 2 fully saturated rings. The van der Waals surface area contributed by atoms with Crippen LogP contribution in [-0.2, 0) is 14.3 Å². The van der Waals surface area contributed by atoms with Gasteiger partial charge in [0.15, 0.2) is 11.3 Å². The normalized spacial score (nSPS) is 30.2. The second kappa shape index (κ2) is 5.99. The number of likely N-dealkylation sites (N-methyl/N-ethyl adjacent to an activating group) is 2. The number of halogens is 3. The molecule has 0 aromatic carbocycles. The summed E-state index contributed by atoms with van der Waals surface area (Å²) >= 11 is 0. The van der Waals surface area contributed by atoms with E-state index in [1.807, 2.05) is 0 Å². The van der Waals surface area contributed by atoms with Crippen LogP contribution in [0.3, 0.4) is 0 Å². The van der Waals surface area contributed by atoms with Crippen LogP contribution in [0.15, 0.2) is 0 Å². The Hall–Kier alpha value is -2.53. The molecule has 2 aliphatic heterocycles. The second-order valence-corrected chi connectivity index (χ2v) is 6.99. The van der Waals surface area contributed by atoms with Crippen molar-refractivity contribution in [2.45, 2.75) is 51.3 Å². The highest BCUT2D eigenvalue weighted by Crippen LogP contribution is 2.45. The maximum Gasteiger partial charge on any atom is 0.490 e. The number of carbonyl (C=O) groups excluding carboxylic acids is 4. The molecule has 1 N–H and O–H groups in total. The minimum absolute atomic E-state index is 0.527. The lowest BCUT2D eigenvalue weighted by Crippen LogP contribution is -2.64. The molecule has 5 amide bonds. The molecule has 0 radical (unpaired) electrons. The number of nitrogens with zero attached hydrogens (tertiary/aromatic N) is 3. The average Bonchev–Trinajstić information content (AvgIpc) is 2.82. The standard InChI is InChI=1S/C15H21F3N4O5/c1-7(8(2)27-10(24)15(16,17)18)9(23)22-12(26)21(6)14(4)13(22,3)19-11(25)20(14)5/h7-8H,1-6H3,(H,19,25)/t7?,8?,13-,14+/m1/s1. The molecule has 152 valence electrons. The van der Waals surface area contributed by atoms with Gasteiger partial charge < -0.3 is 19.9 Å². The molecule has 2 unspecified atom stereocenters. The quantitative estimate of drug-likeness (QED) is 0.723. The number of hydrogen-bond acceptors (Lipinski definition) is 5. The van der Waals surface area contributed by atoms with Gasteiger partial charge >= 0.3 is 24.2 Å². The van der Waals surface area contributed by atoms with E-state index in [4.69, 9.17) is 0 Å². The zero-order valence-corrected chi connectivity index (χ0v) is 15.7. The number of nitrogens with one attached hydrogen (secondary N) is 1. The Labute approximate surface area is 153 Å². The molecule has 0 aromatic heterocycles. The van der Waals surface area contributed by atoms with Gasteiger partial charge in [0, 0.05) is 14.1 Å². The van der Waals surface area contributed by atoms with Crippen molar-refractivity contribution in [2.24, 2.45) is 5.92 Å². The summed E-state index contributed by atoms with van der Waals surface area (Å²) in [6, 6.07) is -1.26. The zero-order chi connectivity index (χ0) is 21.1. The molecule has 0 saturated carbocycles. The van der Waals surface area contributed by atoms with Crippen LogP contribution in [0.5, 0.6) is 0 Å². The van der Waals surface area contributed by atoms with Crippen molar-refractivity contribution in [1.29, 1.82) is 0 Å². The van der Waals surface area contributed by atoms with E-state index in [9.17, 15) is 32.3 Å². The third-order valence-corrected chi connectivity index (χ3v) is 5.65. The van der Waals surface area contributed by atoms with Gasteiger partial charge in [0.1, 0.15) is 6.10 Å². The van der Waals surface area contributed by atoms with Crippen LogP contribution in [0.25, 0.3) is 0 Å². The van der Waals surface area contributed by atoms with E-state index >= 15 is 0 Å². The SMILES string of the molecule is CC(OC(=O)C(F)(F)F)C(C)C(=O)N1C(=O)N(C)[C@]2(C)N(C)C(=O)N[C@]12C. The van der Waals surface area contributed by atoms with Crippen LogP contribution in [0, 0.1) is 5.92 Å². The number of amides is 5. The smallest absolute Gasteiger partial charge is 0.455 e. The summed E-state index contributed by atoms with van der Waals surface area (Å²) in [6.45, 7) is 5.40. The highest BCUT2D eigenvalue weighted by Gasteiger charge is 2.71. The Balaban J connectivity index is 2.31. The number of imide groups is 1. The summed E-state index contributed by atoms with van der Waals surface area (Å²) in [5, 5.41) is 2.57. The highest BCUT2D eigenvalue weighted by atomic mass is 19.4. The van der Waals surface area contributed by atoms with Crippen LogP contribution in [0.2, 0.25) is 0 Å². The summed E-state index contributed by atoms with van der Waals surface area (Å²) < 4.78 is 41.4. The largest absolute Gasteiger partial charge is 0.490 e. The lowest BCUT2D eigenvalue weighted by atomic mass is 9.95. The van der Waals surface area contributed by atoms with Gasteiger partial charge in [-0.1, -0.05) is 6.92 Å². The van der Waals surface area contributed by atoms with E-state index in [0.29, 0.717) is 0 Å². The fourth-order valence-electron chi connectivity index (χ4n) is 3.34. The van der Waals surface area contributed by atoms with Crippen LogP contribution in [0.1, 0.15) is 27.7 Å². The molecule has 0 aliphatic carbocycles. The maximum atomic E-state index is 12.9. The molecule has 27 heavy (non-hydrogen) atoms. The number of hydrogen-bond donors (Lipinski definition) is 1. The number of urea groups is 2. The van der Waals surface area contributed by atoms with Crippen molar-refractivity contribution in [1.82, 2.24) is 20.0 Å². The molecular formula is C15H21F3N4O5. The molecule has 0 bridgehead atoms.